The highest BCUT2D eigenvalue weighted by molar-refractivity contribution is 6.36. The van der Waals surface area contributed by atoms with E-state index >= 15 is 0 Å². The molecule has 0 atom stereocenters. The lowest BCUT2D eigenvalue weighted by molar-refractivity contribution is -0.137. The van der Waals surface area contributed by atoms with Gasteiger partial charge in [-0.25, -0.2) is 0 Å². The van der Waals surface area contributed by atoms with Crippen LogP contribution in [-0.2, 0) is 16.1 Å². The highest BCUT2D eigenvalue weighted by atomic mass is 16.5. The first-order chi connectivity index (χ1) is 16.0. The SMILES string of the molecule is COc1ccc(C2=C(Nc3ccc(OC)cc3OC)C(=O)N(Cc3ccccn3)C2=O)cc1. The van der Waals surface area contributed by atoms with E-state index in [1.165, 1.54) is 12.0 Å². The fraction of sp³-hybridized carbons (Fsp3) is 0.160. The zero-order valence-electron chi connectivity index (χ0n) is 18.5. The van der Waals surface area contributed by atoms with Gasteiger partial charge >= 0.3 is 0 Å². The van der Waals surface area contributed by atoms with Gasteiger partial charge in [0.1, 0.15) is 22.9 Å². The Labute approximate surface area is 191 Å². The van der Waals surface area contributed by atoms with Gasteiger partial charge in [-0.05, 0) is 42.0 Å². The second-order valence-electron chi connectivity index (χ2n) is 7.19. The first-order valence-electron chi connectivity index (χ1n) is 10.2. The molecule has 0 spiro atoms. The quantitative estimate of drug-likeness (QED) is 0.531. The van der Waals surface area contributed by atoms with Crippen LogP contribution in [0.25, 0.3) is 5.57 Å². The molecule has 0 saturated heterocycles. The Kier molecular flexibility index (Phi) is 6.26. The first-order valence-corrected chi connectivity index (χ1v) is 10.2. The molecule has 2 amide bonds. The van der Waals surface area contributed by atoms with E-state index in [0.29, 0.717) is 34.2 Å². The summed E-state index contributed by atoms with van der Waals surface area (Å²) in [5, 5.41) is 3.12. The summed E-state index contributed by atoms with van der Waals surface area (Å²) in [5.74, 6) is 0.861. The molecule has 3 aromatic rings. The maximum absolute atomic E-state index is 13.4. The second-order valence-corrected chi connectivity index (χ2v) is 7.19. The lowest BCUT2D eigenvalue weighted by Crippen LogP contribution is -2.32. The fourth-order valence-electron chi connectivity index (χ4n) is 3.55. The van der Waals surface area contributed by atoms with Crippen molar-refractivity contribution in [3.63, 3.8) is 0 Å². The van der Waals surface area contributed by atoms with Crippen LogP contribution in [0, 0.1) is 0 Å². The highest BCUT2D eigenvalue weighted by Crippen LogP contribution is 2.35. The number of hydrogen-bond donors (Lipinski definition) is 1. The summed E-state index contributed by atoms with van der Waals surface area (Å²) in [6.07, 6.45) is 1.62. The topological polar surface area (TPSA) is 90.0 Å². The van der Waals surface area contributed by atoms with Crippen molar-refractivity contribution >= 4 is 23.1 Å². The number of nitrogens with one attached hydrogen (secondary N) is 1. The molecular formula is C25H23N3O5. The molecule has 8 heteroatoms. The Morgan fingerprint density at radius 2 is 1.58 bits per heavy atom. The molecule has 0 radical (unpaired) electrons. The molecule has 0 fully saturated rings. The molecular weight excluding hydrogens is 422 g/mol. The minimum absolute atomic E-state index is 0.0586. The number of aromatic nitrogens is 1. The third-order valence-electron chi connectivity index (χ3n) is 5.26. The zero-order valence-corrected chi connectivity index (χ0v) is 18.5. The summed E-state index contributed by atoms with van der Waals surface area (Å²) >= 11 is 0. The van der Waals surface area contributed by atoms with Crippen molar-refractivity contribution in [3.8, 4) is 17.2 Å². The van der Waals surface area contributed by atoms with Crippen molar-refractivity contribution in [1.29, 1.82) is 0 Å². The van der Waals surface area contributed by atoms with Crippen molar-refractivity contribution in [2.24, 2.45) is 0 Å². The number of hydrogen-bond acceptors (Lipinski definition) is 7. The summed E-state index contributed by atoms with van der Waals surface area (Å²) in [5.41, 5.74) is 2.14. The number of imide groups is 1. The molecule has 4 rings (SSSR count). The number of amides is 2. The maximum Gasteiger partial charge on any atom is 0.278 e. The number of carbonyl (C=O) groups is 2. The molecule has 0 bridgehead atoms. The molecule has 1 aromatic heterocycles. The average molecular weight is 445 g/mol. The minimum Gasteiger partial charge on any atom is -0.497 e. The molecule has 1 aliphatic rings. The molecule has 1 aliphatic heterocycles. The van der Waals surface area contributed by atoms with Gasteiger partial charge in [-0.2, -0.15) is 0 Å². The molecule has 0 aliphatic carbocycles. The van der Waals surface area contributed by atoms with E-state index < -0.39 is 11.8 Å². The van der Waals surface area contributed by atoms with Crippen LogP contribution in [0.15, 0.2) is 72.6 Å². The fourth-order valence-corrected chi connectivity index (χ4v) is 3.55. The largest absolute Gasteiger partial charge is 0.497 e. The Balaban J connectivity index is 1.76. The van der Waals surface area contributed by atoms with Crippen molar-refractivity contribution in [1.82, 2.24) is 9.88 Å². The molecule has 1 N–H and O–H groups in total. The monoisotopic (exact) mass is 445 g/mol. The van der Waals surface area contributed by atoms with Gasteiger partial charge in [0.25, 0.3) is 11.8 Å². The number of nitrogens with zero attached hydrogens (tertiary/aromatic N) is 2. The molecule has 8 nitrogen and oxygen atoms in total. The Morgan fingerprint density at radius 1 is 0.848 bits per heavy atom. The number of carbonyl (C=O) groups excluding carboxylic acids is 2. The molecule has 2 heterocycles. The summed E-state index contributed by atoms with van der Waals surface area (Å²) in [6.45, 7) is 0.0586. The number of anilines is 1. The summed E-state index contributed by atoms with van der Waals surface area (Å²) in [4.78, 5) is 32.3. The molecule has 168 valence electrons. The van der Waals surface area contributed by atoms with Gasteiger partial charge < -0.3 is 19.5 Å². The van der Waals surface area contributed by atoms with Gasteiger partial charge in [-0.3, -0.25) is 19.5 Å². The van der Waals surface area contributed by atoms with Crippen LogP contribution < -0.4 is 19.5 Å². The lowest BCUT2D eigenvalue weighted by atomic mass is 10.0. The summed E-state index contributed by atoms with van der Waals surface area (Å²) < 4.78 is 15.9. The average Bonchev–Trinajstić information content (AvgIpc) is 3.09. The predicted molar refractivity (Wildman–Crippen MR) is 123 cm³/mol. The Hall–Kier alpha value is -4.33. The maximum atomic E-state index is 13.4. The third-order valence-corrected chi connectivity index (χ3v) is 5.26. The van der Waals surface area contributed by atoms with Gasteiger partial charge in [0.15, 0.2) is 0 Å². The number of ether oxygens (including phenoxy) is 3. The minimum atomic E-state index is -0.450. The Morgan fingerprint density at radius 3 is 2.21 bits per heavy atom. The second kappa shape index (κ2) is 9.44. The van der Waals surface area contributed by atoms with Crippen molar-refractivity contribution in [2.45, 2.75) is 6.54 Å². The standard InChI is InChI=1S/C25H23N3O5/c1-31-18-9-7-16(8-10-18)22-23(27-20-12-11-19(32-2)14-21(20)33-3)25(30)28(24(22)29)15-17-6-4-5-13-26-17/h4-14,27H,15H2,1-3H3. The van der Waals surface area contributed by atoms with E-state index in [9.17, 15) is 9.59 Å². The molecule has 33 heavy (non-hydrogen) atoms. The van der Waals surface area contributed by atoms with E-state index in [0.717, 1.165) is 0 Å². The van der Waals surface area contributed by atoms with E-state index in [1.807, 2.05) is 6.07 Å². The van der Waals surface area contributed by atoms with E-state index in [2.05, 4.69) is 10.3 Å². The van der Waals surface area contributed by atoms with Crippen LogP contribution in [-0.4, -0.2) is 43.0 Å². The van der Waals surface area contributed by atoms with E-state index in [1.54, 1.807) is 75.0 Å². The smallest absolute Gasteiger partial charge is 0.278 e. The van der Waals surface area contributed by atoms with Gasteiger partial charge in [0, 0.05) is 12.3 Å². The van der Waals surface area contributed by atoms with Crippen LogP contribution >= 0.6 is 0 Å². The number of pyridine rings is 1. The van der Waals surface area contributed by atoms with E-state index in [-0.39, 0.29) is 17.8 Å². The van der Waals surface area contributed by atoms with E-state index in [4.69, 9.17) is 14.2 Å². The van der Waals surface area contributed by atoms with Crippen molar-refractivity contribution < 1.29 is 23.8 Å². The summed E-state index contributed by atoms with van der Waals surface area (Å²) in [7, 11) is 4.64. The number of methoxy groups -OCH3 is 3. The third kappa shape index (κ3) is 4.36. The lowest BCUT2D eigenvalue weighted by Gasteiger charge is -2.15. The van der Waals surface area contributed by atoms with Crippen LogP contribution in [0.5, 0.6) is 17.2 Å². The first kappa shape index (κ1) is 21.9. The number of benzene rings is 2. The molecule has 0 unspecified atom stereocenters. The summed E-state index contributed by atoms with van der Waals surface area (Å²) in [6, 6.07) is 17.5. The van der Waals surface area contributed by atoms with Gasteiger partial charge in [-0.1, -0.05) is 18.2 Å². The predicted octanol–water partition coefficient (Wildman–Crippen LogP) is 3.50. The van der Waals surface area contributed by atoms with Crippen LogP contribution in [0.4, 0.5) is 5.69 Å². The molecule has 2 aromatic carbocycles. The van der Waals surface area contributed by atoms with Crippen LogP contribution in [0.1, 0.15) is 11.3 Å². The van der Waals surface area contributed by atoms with Crippen LogP contribution in [0.2, 0.25) is 0 Å². The zero-order chi connectivity index (χ0) is 23.4. The van der Waals surface area contributed by atoms with Crippen LogP contribution in [0.3, 0.4) is 0 Å². The normalized spacial score (nSPS) is 13.4. The van der Waals surface area contributed by atoms with Gasteiger partial charge in [-0.15, -0.1) is 0 Å². The highest BCUT2D eigenvalue weighted by Gasteiger charge is 2.39. The van der Waals surface area contributed by atoms with Crippen molar-refractivity contribution in [2.75, 3.05) is 26.6 Å². The van der Waals surface area contributed by atoms with Crippen molar-refractivity contribution in [3.05, 3.63) is 83.8 Å². The van der Waals surface area contributed by atoms with Gasteiger partial charge in [0.2, 0.25) is 0 Å². The number of rotatable bonds is 8. The Bertz CT molecular complexity index is 1210. The molecule has 0 saturated carbocycles. The van der Waals surface area contributed by atoms with Gasteiger partial charge in [0.05, 0.1) is 44.8 Å².